The zero-order chi connectivity index (χ0) is 18.7. The fourth-order valence-corrected chi connectivity index (χ4v) is 5.32. The average Bonchev–Trinajstić information content (AvgIpc) is 3.23. The van der Waals surface area contributed by atoms with Gasteiger partial charge in [0.25, 0.3) is 0 Å². The number of hydrogen-bond acceptors (Lipinski definition) is 2. The molecule has 1 saturated carbocycles. The molecular formula is C22H31ClN2O. The van der Waals surface area contributed by atoms with Gasteiger partial charge in [-0.25, -0.2) is 0 Å². The van der Waals surface area contributed by atoms with Gasteiger partial charge in [0.2, 0.25) is 5.91 Å². The number of fused-ring (bicyclic) bond motifs is 1. The summed E-state index contributed by atoms with van der Waals surface area (Å²) in [6.07, 6.45) is 11.4. The minimum Gasteiger partial charge on any atom is -0.325 e. The molecule has 0 aromatic heterocycles. The number of likely N-dealkylation sites (N-methyl/N-ethyl adjacent to an activating group) is 1. The van der Waals surface area contributed by atoms with E-state index >= 15 is 0 Å². The summed E-state index contributed by atoms with van der Waals surface area (Å²) in [5.41, 5.74) is 1.42. The third kappa shape index (κ3) is 3.32. The molecule has 0 bridgehead atoms. The van der Waals surface area contributed by atoms with Gasteiger partial charge in [-0.15, -0.1) is 0 Å². The normalized spacial score (nSPS) is 25.5. The van der Waals surface area contributed by atoms with Crippen LogP contribution in [0.2, 0.25) is 5.02 Å². The Morgan fingerprint density at radius 2 is 2.12 bits per heavy atom. The maximum Gasteiger partial charge on any atom is 0.236 e. The van der Waals surface area contributed by atoms with Gasteiger partial charge in [-0.2, -0.15) is 0 Å². The number of allylic oxidation sites excluding steroid dienone is 2. The molecule has 142 valence electrons. The molecule has 1 fully saturated rings. The van der Waals surface area contributed by atoms with Gasteiger partial charge in [0.05, 0.1) is 5.41 Å². The van der Waals surface area contributed by atoms with Crippen LogP contribution in [0.5, 0.6) is 0 Å². The van der Waals surface area contributed by atoms with Crippen LogP contribution in [0.4, 0.5) is 5.69 Å². The minimum atomic E-state index is -0.559. The first-order valence-electron chi connectivity index (χ1n) is 9.93. The number of hydrogen-bond donors (Lipinski definition) is 2. The quantitative estimate of drug-likeness (QED) is 0.636. The van der Waals surface area contributed by atoms with E-state index in [-0.39, 0.29) is 17.9 Å². The van der Waals surface area contributed by atoms with E-state index < -0.39 is 5.41 Å². The molecule has 2 N–H and O–H groups in total. The van der Waals surface area contributed by atoms with Crippen LogP contribution in [-0.2, 0) is 10.2 Å². The summed E-state index contributed by atoms with van der Waals surface area (Å²) < 4.78 is 0. The molecule has 3 rings (SSSR count). The summed E-state index contributed by atoms with van der Waals surface area (Å²) in [6.45, 7) is 4.25. The smallest absolute Gasteiger partial charge is 0.236 e. The Bertz CT molecular complexity index is 681. The van der Waals surface area contributed by atoms with Gasteiger partial charge >= 0.3 is 0 Å². The summed E-state index contributed by atoms with van der Waals surface area (Å²) in [5, 5.41) is 7.34. The van der Waals surface area contributed by atoms with Crippen molar-refractivity contribution in [1.82, 2.24) is 5.32 Å². The van der Waals surface area contributed by atoms with Gasteiger partial charge in [0.1, 0.15) is 0 Å². The second-order valence-corrected chi connectivity index (χ2v) is 8.38. The van der Waals surface area contributed by atoms with E-state index in [9.17, 15) is 4.79 Å². The Morgan fingerprint density at radius 1 is 1.38 bits per heavy atom. The molecule has 1 heterocycles. The second-order valence-electron chi connectivity index (χ2n) is 7.95. The van der Waals surface area contributed by atoms with E-state index in [0.29, 0.717) is 10.9 Å². The van der Waals surface area contributed by atoms with Gasteiger partial charge in [-0.05, 0) is 56.3 Å². The van der Waals surface area contributed by atoms with Crippen LogP contribution in [0.25, 0.3) is 0 Å². The highest BCUT2D eigenvalue weighted by atomic mass is 35.5. The van der Waals surface area contributed by atoms with Crippen molar-refractivity contribution in [3.8, 4) is 0 Å². The molecular weight excluding hydrogens is 344 g/mol. The van der Waals surface area contributed by atoms with Gasteiger partial charge < -0.3 is 10.6 Å². The monoisotopic (exact) mass is 374 g/mol. The molecule has 3 nitrogen and oxygen atoms in total. The summed E-state index contributed by atoms with van der Waals surface area (Å²) >= 11 is 6.20. The third-order valence-corrected chi connectivity index (χ3v) is 6.73. The number of carbonyl (C=O) groups is 1. The minimum absolute atomic E-state index is 0.115. The Kier molecular flexibility index (Phi) is 6.09. The SMILES string of the molecule is CC=CCC(C)C1(C(CC2CCCC2)NC)C(=O)Nc2cc(Cl)ccc21. The first-order chi connectivity index (χ1) is 12.5. The molecule has 26 heavy (non-hydrogen) atoms. The van der Waals surface area contributed by atoms with Crippen molar-refractivity contribution in [2.24, 2.45) is 11.8 Å². The predicted molar refractivity (Wildman–Crippen MR) is 110 cm³/mol. The number of amides is 1. The highest BCUT2D eigenvalue weighted by molar-refractivity contribution is 6.31. The zero-order valence-electron chi connectivity index (χ0n) is 16.1. The Balaban J connectivity index is 2.06. The van der Waals surface area contributed by atoms with Crippen LogP contribution in [0.15, 0.2) is 30.4 Å². The molecule has 2 aliphatic rings. The molecule has 1 aromatic carbocycles. The largest absolute Gasteiger partial charge is 0.325 e. The molecule has 4 heteroatoms. The van der Waals surface area contributed by atoms with E-state index in [2.05, 4.69) is 35.8 Å². The highest BCUT2D eigenvalue weighted by Gasteiger charge is 2.55. The number of carbonyl (C=O) groups excluding carboxylic acids is 1. The third-order valence-electron chi connectivity index (χ3n) is 6.50. The summed E-state index contributed by atoms with van der Waals surface area (Å²) in [4.78, 5) is 13.4. The Labute approximate surface area is 162 Å². The van der Waals surface area contributed by atoms with Crippen LogP contribution in [-0.4, -0.2) is 19.0 Å². The molecule has 3 unspecified atom stereocenters. The number of rotatable bonds is 7. The van der Waals surface area contributed by atoms with Crippen LogP contribution in [0.1, 0.15) is 57.9 Å². The van der Waals surface area contributed by atoms with Crippen LogP contribution >= 0.6 is 11.6 Å². The molecule has 1 aromatic rings. The standard InChI is InChI=1S/C22H31ClN2O/c1-4-5-8-15(2)22(20(24-3)13-16-9-6-7-10-16)18-12-11-17(23)14-19(18)25-21(22)26/h4-5,11-12,14-16,20,24H,6-10,13H2,1-3H3,(H,25,26). The van der Waals surface area contributed by atoms with E-state index in [1.54, 1.807) is 0 Å². The van der Waals surface area contributed by atoms with Crippen LogP contribution < -0.4 is 10.6 Å². The van der Waals surface area contributed by atoms with Crippen molar-refractivity contribution >= 4 is 23.2 Å². The van der Waals surface area contributed by atoms with Gasteiger partial charge in [-0.1, -0.05) is 62.4 Å². The average molecular weight is 375 g/mol. The first-order valence-corrected chi connectivity index (χ1v) is 10.3. The lowest BCUT2D eigenvalue weighted by molar-refractivity contribution is -0.124. The topological polar surface area (TPSA) is 41.1 Å². The lowest BCUT2D eigenvalue weighted by Gasteiger charge is -2.41. The first kappa shape index (κ1) is 19.4. The summed E-state index contributed by atoms with van der Waals surface area (Å²) in [6, 6.07) is 5.98. The van der Waals surface area contributed by atoms with Crippen molar-refractivity contribution in [3.63, 3.8) is 0 Å². The van der Waals surface area contributed by atoms with Crippen molar-refractivity contribution < 1.29 is 4.79 Å². The summed E-state index contributed by atoms with van der Waals surface area (Å²) in [5.74, 6) is 1.02. The lowest BCUT2D eigenvalue weighted by atomic mass is 9.63. The van der Waals surface area contributed by atoms with E-state index in [0.717, 1.165) is 24.1 Å². The Hall–Kier alpha value is -1.32. The highest BCUT2D eigenvalue weighted by Crippen LogP contribution is 2.49. The van der Waals surface area contributed by atoms with Crippen LogP contribution in [0.3, 0.4) is 0 Å². The second kappa shape index (κ2) is 8.14. The van der Waals surface area contributed by atoms with Gasteiger partial charge in [0, 0.05) is 16.8 Å². The van der Waals surface area contributed by atoms with Crippen LogP contribution in [0, 0.1) is 11.8 Å². The number of nitrogens with one attached hydrogen (secondary N) is 2. The molecule has 0 saturated heterocycles. The molecule has 0 spiro atoms. The predicted octanol–water partition coefficient (Wildman–Crippen LogP) is 5.30. The van der Waals surface area contributed by atoms with E-state index in [4.69, 9.17) is 11.6 Å². The molecule has 1 amide bonds. The van der Waals surface area contributed by atoms with Gasteiger partial charge in [-0.3, -0.25) is 4.79 Å². The number of benzene rings is 1. The Morgan fingerprint density at radius 3 is 2.77 bits per heavy atom. The lowest BCUT2D eigenvalue weighted by Crippen LogP contribution is -2.56. The van der Waals surface area contributed by atoms with Crippen molar-refractivity contribution in [2.45, 2.75) is 63.8 Å². The molecule has 0 radical (unpaired) electrons. The van der Waals surface area contributed by atoms with Crippen molar-refractivity contribution in [3.05, 3.63) is 40.9 Å². The fraction of sp³-hybridized carbons (Fsp3) is 0.591. The maximum absolute atomic E-state index is 13.4. The molecule has 1 aliphatic carbocycles. The maximum atomic E-state index is 13.4. The molecule has 3 atom stereocenters. The van der Waals surface area contributed by atoms with E-state index in [1.807, 2.05) is 26.1 Å². The van der Waals surface area contributed by atoms with Crippen molar-refractivity contribution in [2.75, 3.05) is 12.4 Å². The fourth-order valence-electron chi connectivity index (χ4n) is 5.14. The summed E-state index contributed by atoms with van der Waals surface area (Å²) in [7, 11) is 2.00. The van der Waals surface area contributed by atoms with Gasteiger partial charge in [0.15, 0.2) is 0 Å². The zero-order valence-corrected chi connectivity index (χ0v) is 16.9. The molecule has 1 aliphatic heterocycles. The van der Waals surface area contributed by atoms with Crippen molar-refractivity contribution in [1.29, 1.82) is 0 Å². The van der Waals surface area contributed by atoms with E-state index in [1.165, 1.54) is 25.7 Å². The number of halogens is 1. The number of anilines is 1.